The molecule has 0 spiro atoms. The molecule has 0 radical (unpaired) electrons. The summed E-state index contributed by atoms with van der Waals surface area (Å²) in [6, 6.07) is 19.3. The minimum absolute atomic E-state index is 0.0597. The van der Waals surface area contributed by atoms with Crippen LogP contribution in [0.25, 0.3) is 10.9 Å². The van der Waals surface area contributed by atoms with Crippen molar-refractivity contribution < 1.29 is 9.53 Å². The van der Waals surface area contributed by atoms with Gasteiger partial charge in [-0.1, -0.05) is 42.5 Å². The number of ether oxygens (including phenoxy) is 1. The molecule has 6 nitrogen and oxygen atoms in total. The van der Waals surface area contributed by atoms with Gasteiger partial charge in [0.2, 0.25) is 0 Å². The van der Waals surface area contributed by atoms with Crippen molar-refractivity contribution in [3.63, 3.8) is 0 Å². The van der Waals surface area contributed by atoms with Gasteiger partial charge in [0.05, 0.1) is 0 Å². The molecule has 1 heterocycles. The van der Waals surface area contributed by atoms with Crippen molar-refractivity contribution in [1.82, 2.24) is 10.3 Å². The van der Waals surface area contributed by atoms with Crippen molar-refractivity contribution in [2.24, 2.45) is 5.84 Å². The number of hydrazine groups is 1. The van der Waals surface area contributed by atoms with Gasteiger partial charge in [0.1, 0.15) is 17.1 Å². The SMILES string of the molecule is NNc1ccc2cccc(OCC(=O)NCCc3ccccc3)c2n1. The molecule has 3 aromatic rings. The predicted octanol–water partition coefficient (Wildman–Crippen LogP) is 2.26. The highest BCUT2D eigenvalue weighted by Crippen LogP contribution is 2.24. The molecule has 3 rings (SSSR count). The Morgan fingerprint density at radius 3 is 2.68 bits per heavy atom. The zero-order chi connectivity index (χ0) is 17.5. The van der Waals surface area contributed by atoms with Crippen LogP contribution >= 0.6 is 0 Å². The molecule has 0 saturated heterocycles. The lowest BCUT2D eigenvalue weighted by atomic mass is 10.1. The van der Waals surface area contributed by atoms with Crippen molar-refractivity contribution in [1.29, 1.82) is 0 Å². The van der Waals surface area contributed by atoms with Crippen molar-refractivity contribution in [3.8, 4) is 5.75 Å². The number of anilines is 1. The number of nitrogen functional groups attached to an aromatic ring is 1. The van der Waals surface area contributed by atoms with Gasteiger partial charge < -0.3 is 15.5 Å². The van der Waals surface area contributed by atoms with Crippen LogP contribution in [-0.4, -0.2) is 24.0 Å². The number of carbonyl (C=O) groups is 1. The van der Waals surface area contributed by atoms with Gasteiger partial charge in [-0.3, -0.25) is 4.79 Å². The monoisotopic (exact) mass is 336 g/mol. The number of hydrogen-bond acceptors (Lipinski definition) is 5. The molecule has 0 saturated carbocycles. The Labute approximate surface area is 146 Å². The Morgan fingerprint density at radius 1 is 1.04 bits per heavy atom. The topological polar surface area (TPSA) is 89.3 Å². The summed E-state index contributed by atoms with van der Waals surface area (Å²) in [7, 11) is 0. The van der Waals surface area contributed by atoms with Gasteiger partial charge in [-0.2, -0.15) is 0 Å². The number of aromatic nitrogens is 1. The molecule has 1 amide bonds. The minimum atomic E-state index is -0.166. The first-order chi connectivity index (χ1) is 12.3. The average molecular weight is 336 g/mol. The van der Waals surface area contributed by atoms with Crippen LogP contribution in [0.2, 0.25) is 0 Å². The van der Waals surface area contributed by atoms with E-state index in [1.165, 1.54) is 5.56 Å². The maximum atomic E-state index is 12.0. The van der Waals surface area contributed by atoms with Gasteiger partial charge in [-0.25, -0.2) is 10.8 Å². The van der Waals surface area contributed by atoms with Crippen LogP contribution in [0.3, 0.4) is 0 Å². The molecule has 25 heavy (non-hydrogen) atoms. The fourth-order valence-corrected chi connectivity index (χ4v) is 2.50. The van der Waals surface area contributed by atoms with Crippen LogP contribution in [0.5, 0.6) is 5.75 Å². The van der Waals surface area contributed by atoms with E-state index in [1.54, 1.807) is 12.1 Å². The number of nitrogens with one attached hydrogen (secondary N) is 2. The molecule has 2 aromatic carbocycles. The zero-order valence-electron chi connectivity index (χ0n) is 13.7. The molecule has 0 aliphatic rings. The summed E-state index contributed by atoms with van der Waals surface area (Å²) in [5, 5.41) is 3.77. The van der Waals surface area contributed by atoms with Crippen LogP contribution in [0, 0.1) is 0 Å². The van der Waals surface area contributed by atoms with E-state index in [9.17, 15) is 4.79 Å². The van der Waals surface area contributed by atoms with E-state index in [0.29, 0.717) is 23.6 Å². The molecule has 0 fully saturated rings. The lowest BCUT2D eigenvalue weighted by Crippen LogP contribution is -2.30. The number of pyridine rings is 1. The second-order valence-electron chi connectivity index (χ2n) is 5.54. The number of rotatable bonds is 7. The second-order valence-corrected chi connectivity index (χ2v) is 5.54. The maximum absolute atomic E-state index is 12.0. The first-order valence-electron chi connectivity index (χ1n) is 8.06. The van der Waals surface area contributed by atoms with E-state index >= 15 is 0 Å². The third-order valence-corrected chi connectivity index (χ3v) is 3.77. The molecule has 1 aromatic heterocycles. The fraction of sp³-hybridized carbons (Fsp3) is 0.158. The average Bonchev–Trinajstić information content (AvgIpc) is 2.66. The third kappa shape index (κ3) is 4.45. The van der Waals surface area contributed by atoms with Gasteiger partial charge in [0.15, 0.2) is 6.61 Å². The summed E-state index contributed by atoms with van der Waals surface area (Å²) in [5.74, 6) is 6.32. The predicted molar refractivity (Wildman–Crippen MR) is 98.2 cm³/mol. The van der Waals surface area contributed by atoms with Gasteiger partial charge >= 0.3 is 0 Å². The van der Waals surface area contributed by atoms with E-state index in [-0.39, 0.29) is 12.5 Å². The molecule has 6 heteroatoms. The molecule has 128 valence electrons. The van der Waals surface area contributed by atoms with E-state index in [2.05, 4.69) is 15.7 Å². The number of nitrogens with two attached hydrogens (primary N) is 1. The van der Waals surface area contributed by atoms with Gasteiger partial charge in [-0.05, 0) is 30.2 Å². The molecule has 0 aliphatic heterocycles. The molecule has 0 bridgehead atoms. The van der Waals surface area contributed by atoms with Crippen LogP contribution < -0.4 is 21.3 Å². The second kappa shape index (κ2) is 8.12. The lowest BCUT2D eigenvalue weighted by molar-refractivity contribution is -0.123. The summed E-state index contributed by atoms with van der Waals surface area (Å²) in [6.07, 6.45) is 0.786. The Bertz CT molecular complexity index is 852. The lowest BCUT2D eigenvalue weighted by Gasteiger charge is -2.10. The van der Waals surface area contributed by atoms with Gasteiger partial charge in [0, 0.05) is 11.9 Å². The highest BCUT2D eigenvalue weighted by atomic mass is 16.5. The maximum Gasteiger partial charge on any atom is 0.257 e. The molecule has 0 atom stereocenters. The number of carbonyl (C=O) groups excluding carboxylic acids is 1. The van der Waals surface area contributed by atoms with Crippen molar-refractivity contribution in [2.75, 3.05) is 18.6 Å². The van der Waals surface area contributed by atoms with Crippen molar-refractivity contribution >= 4 is 22.6 Å². The van der Waals surface area contributed by atoms with Crippen molar-refractivity contribution in [3.05, 3.63) is 66.2 Å². The van der Waals surface area contributed by atoms with Crippen LogP contribution in [0.1, 0.15) is 5.56 Å². The Kier molecular flexibility index (Phi) is 5.43. The summed E-state index contributed by atoms with van der Waals surface area (Å²) < 4.78 is 5.64. The Morgan fingerprint density at radius 2 is 1.88 bits per heavy atom. The molecule has 4 N–H and O–H groups in total. The van der Waals surface area contributed by atoms with Gasteiger partial charge in [0.25, 0.3) is 5.91 Å². The van der Waals surface area contributed by atoms with Crippen LogP contribution in [-0.2, 0) is 11.2 Å². The molecule has 0 unspecified atom stereocenters. The van der Waals surface area contributed by atoms with Gasteiger partial charge in [-0.15, -0.1) is 0 Å². The highest BCUT2D eigenvalue weighted by Gasteiger charge is 2.07. The third-order valence-electron chi connectivity index (χ3n) is 3.77. The van der Waals surface area contributed by atoms with E-state index in [4.69, 9.17) is 10.6 Å². The van der Waals surface area contributed by atoms with Crippen LogP contribution in [0.15, 0.2) is 60.7 Å². The summed E-state index contributed by atoms with van der Waals surface area (Å²) in [5.41, 5.74) is 4.35. The fourth-order valence-electron chi connectivity index (χ4n) is 2.50. The van der Waals surface area contributed by atoms with E-state index in [0.717, 1.165) is 11.8 Å². The largest absolute Gasteiger partial charge is 0.481 e. The number of nitrogens with zero attached hydrogens (tertiary/aromatic N) is 1. The molecular formula is C19H20N4O2. The van der Waals surface area contributed by atoms with E-state index < -0.39 is 0 Å². The highest BCUT2D eigenvalue weighted by molar-refractivity contribution is 5.86. The number of fused-ring (bicyclic) bond motifs is 1. The normalized spacial score (nSPS) is 10.4. The number of hydrogen-bond donors (Lipinski definition) is 3. The minimum Gasteiger partial charge on any atom is -0.481 e. The smallest absolute Gasteiger partial charge is 0.257 e. The summed E-state index contributed by atoms with van der Waals surface area (Å²) >= 11 is 0. The van der Waals surface area contributed by atoms with Crippen LogP contribution in [0.4, 0.5) is 5.82 Å². The zero-order valence-corrected chi connectivity index (χ0v) is 13.7. The van der Waals surface area contributed by atoms with E-state index in [1.807, 2.05) is 48.5 Å². The van der Waals surface area contributed by atoms with Crippen molar-refractivity contribution in [2.45, 2.75) is 6.42 Å². The molecular weight excluding hydrogens is 316 g/mol. The number of para-hydroxylation sites is 1. The standard InChI is InChI=1S/C19H20N4O2/c20-23-17-10-9-15-7-4-8-16(19(15)22-17)25-13-18(24)21-12-11-14-5-2-1-3-6-14/h1-10H,11-13,20H2,(H,21,24)(H,22,23). The first-order valence-corrected chi connectivity index (χ1v) is 8.06. The summed E-state index contributed by atoms with van der Waals surface area (Å²) in [4.78, 5) is 16.4. The quantitative estimate of drug-likeness (QED) is 0.455. The molecule has 0 aliphatic carbocycles. The number of benzene rings is 2. The number of amides is 1. The first kappa shape index (κ1) is 16.7. The Balaban J connectivity index is 1.56. The summed E-state index contributed by atoms with van der Waals surface area (Å²) in [6.45, 7) is 0.511. The Hall–Kier alpha value is -3.12.